The van der Waals surface area contributed by atoms with Crippen molar-refractivity contribution in [3.05, 3.63) is 0 Å². The Hall–Kier alpha value is -2.33. The standard InChI is InChI=1S/C23H39N7O3/c1-6-33-18(32)16-24-19-26-20(28-21(27-19)29-10-8-7-9-11-29)25-17-14-22(2,3)30(12-13-31)23(4,5)15-17/h16-17,31H,6-15H2,1-5H3,(H,25,26,27,28)/b24-16+. The molecular formula is C23H39N7O3. The van der Waals surface area contributed by atoms with E-state index in [1.807, 2.05) is 0 Å². The van der Waals surface area contributed by atoms with E-state index in [0.717, 1.165) is 45.0 Å². The Labute approximate surface area is 196 Å². The maximum atomic E-state index is 11.7. The van der Waals surface area contributed by atoms with Crippen molar-refractivity contribution >= 4 is 30.0 Å². The molecule has 2 fully saturated rings. The van der Waals surface area contributed by atoms with Crippen LogP contribution < -0.4 is 10.2 Å². The van der Waals surface area contributed by atoms with Crippen LogP contribution in [0.25, 0.3) is 0 Å². The monoisotopic (exact) mass is 461 g/mol. The van der Waals surface area contributed by atoms with Gasteiger partial charge in [-0.2, -0.15) is 15.0 Å². The van der Waals surface area contributed by atoms with Gasteiger partial charge in [0, 0.05) is 36.8 Å². The fourth-order valence-corrected chi connectivity index (χ4v) is 5.31. The van der Waals surface area contributed by atoms with Crippen LogP contribution in [0.1, 0.15) is 66.7 Å². The molecule has 3 heterocycles. The normalized spacial score (nSPS) is 21.3. The molecule has 2 aliphatic rings. The number of carbonyl (C=O) groups excluding carboxylic acids is 1. The van der Waals surface area contributed by atoms with E-state index in [1.165, 1.54) is 6.42 Å². The van der Waals surface area contributed by atoms with Gasteiger partial charge in [-0.1, -0.05) is 0 Å². The van der Waals surface area contributed by atoms with E-state index in [0.29, 0.717) is 18.4 Å². The van der Waals surface area contributed by atoms with Gasteiger partial charge in [-0.3, -0.25) is 4.90 Å². The number of esters is 1. The molecule has 0 radical (unpaired) electrons. The average molecular weight is 462 g/mol. The van der Waals surface area contributed by atoms with Crippen molar-refractivity contribution in [3.63, 3.8) is 0 Å². The summed E-state index contributed by atoms with van der Waals surface area (Å²) >= 11 is 0. The van der Waals surface area contributed by atoms with Crippen LogP contribution in [0.3, 0.4) is 0 Å². The molecule has 0 bridgehead atoms. The predicted molar refractivity (Wildman–Crippen MR) is 129 cm³/mol. The van der Waals surface area contributed by atoms with Crippen LogP contribution in [0.5, 0.6) is 0 Å². The molecule has 0 aromatic carbocycles. The van der Waals surface area contributed by atoms with E-state index in [4.69, 9.17) is 9.72 Å². The first-order valence-corrected chi connectivity index (χ1v) is 12.0. The summed E-state index contributed by atoms with van der Waals surface area (Å²) in [7, 11) is 0. The van der Waals surface area contributed by atoms with Gasteiger partial charge in [-0.25, -0.2) is 9.79 Å². The van der Waals surface area contributed by atoms with Gasteiger partial charge in [-0.05, 0) is 66.7 Å². The number of anilines is 2. The van der Waals surface area contributed by atoms with Gasteiger partial charge in [0.15, 0.2) is 0 Å². The molecule has 0 amide bonds. The lowest BCUT2D eigenvalue weighted by Crippen LogP contribution is -2.63. The number of rotatable bonds is 8. The Morgan fingerprint density at radius 3 is 2.42 bits per heavy atom. The van der Waals surface area contributed by atoms with Crippen molar-refractivity contribution in [2.45, 2.75) is 83.8 Å². The number of carbonyl (C=O) groups is 1. The highest BCUT2D eigenvalue weighted by atomic mass is 16.5. The minimum atomic E-state index is -0.522. The second-order valence-corrected chi connectivity index (χ2v) is 10.1. The highest BCUT2D eigenvalue weighted by Gasteiger charge is 2.45. The molecule has 2 N–H and O–H groups in total. The van der Waals surface area contributed by atoms with Gasteiger partial charge in [0.2, 0.25) is 11.9 Å². The minimum absolute atomic E-state index is 0.101. The van der Waals surface area contributed by atoms with Crippen LogP contribution in [0.15, 0.2) is 4.99 Å². The number of aliphatic imine (C=N–C) groups is 1. The van der Waals surface area contributed by atoms with Crippen molar-refractivity contribution in [2.75, 3.05) is 43.1 Å². The fourth-order valence-electron chi connectivity index (χ4n) is 5.31. The van der Waals surface area contributed by atoms with E-state index in [9.17, 15) is 9.90 Å². The average Bonchev–Trinajstić information content (AvgIpc) is 2.75. The number of hydrogen-bond donors (Lipinski definition) is 2. The number of ether oxygens (including phenoxy) is 1. The third-order valence-electron chi connectivity index (χ3n) is 6.43. The van der Waals surface area contributed by atoms with Crippen LogP contribution in [0.2, 0.25) is 0 Å². The van der Waals surface area contributed by atoms with Crippen LogP contribution in [0, 0.1) is 0 Å². The Bertz CT molecular complexity index is 819. The Kier molecular flexibility index (Phi) is 8.23. The molecule has 0 spiro atoms. The lowest BCUT2D eigenvalue weighted by molar-refractivity contribution is -0.134. The zero-order chi connectivity index (χ0) is 24.1. The van der Waals surface area contributed by atoms with Crippen LogP contribution in [-0.4, -0.2) is 87.1 Å². The molecule has 1 aromatic rings. The molecule has 0 saturated carbocycles. The van der Waals surface area contributed by atoms with E-state index < -0.39 is 5.97 Å². The number of β-amino-alcohol motifs (C(OH)–C–C–N with tert-alkyl or cyclic N) is 1. The predicted octanol–water partition coefficient (Wildman–Crippen LogP) is 2.55. The SMILES string of the molecule is CCOC(=O)/C=N/c1nc(NC2CC(C)(C)N(CCO)C(C)(C)C2)nc(N2CCCCC2)n1. The summed E-state index contributed by atoms with van der Waals surface area (Å²) in [5.41, 5.74) is -0.203. The molecule has 1 aromatic heterocycles. The molecule has 2 saturated heterocycles. The molecule has 0 aliphatic carbocycles. The van der Waals surface area contributed by atoms with Gasteiger partial charge < -0.3 is 20.1 Å². The van der Waals surface area contributed by atoms with E-state index in [2.05, 4.69) is 57.8 Å². The lowest BCUT2D eigenvalue weighted by atomic mass is 9.77. The molecule has 33 heavy (non-hydrogen) atoms. The summed E-state index contributed by atoms with van der Waals surface area (Å²) in [4.78, 5) is 34.1. The largest absolute Gasteiger partial charge is 0.462 e. The van der Waals surface area contributed by atoms with Crippen molar-refractivity contribution in [1.82, 2.24) is 19.9 Å². The summed E-state index contributed by atoms with van der Waals surface area (Å²) < 4.78 is 4.93. The van der Waals surface area contributed by atoms with Gasteiger partial charge in [0.25, 0.3) is 5.95 Å². The summed E-state index contributed by atoms with van der Waals surface area (Å²) in [6, 6.07) is 0.142. The maximum Gasteiger partial charge on any atom is 0.349 e. The maximum absolute atomic E-state index is 11.7. The molecule has 10 heteroatoms. The number of aromatic nitrogens is 3. The Morgan fingerprint density at radius 1 is 1.15 bits per heavy atom. The van der Waals surface area contributed by atoms with Crippen LogP contribution in [0.4, 0.5) is 17.8 Å². The number of piperidine rings is 2. The number of aliphatic hydroxyl groups is 1. The molecule has 0 unspecified atom stereocenters. The van der Waals surface area contributed by atoms with E-state index in [1.54, 1.807) is 6.92 Å². The minimum Gasteiger partial charge on any atom is -0.462 e. The summed E-state index contributed by atoms with van der Waals surface area (Å²) in [6.07, 6.45) is 6.27. The lowest BCUT2D eigenvalue weighted by Gasteiger charge is -2.55. The van der Waals surface area contributed by atoms with Crippen LogP contribution >= 0.6 is 0 Å². The zero-order valence-corrected chi connectivity index (χ0v) is 20.7. The second-order valence-electron chi connectivity index (χ2n) is 10.1. The first-order valence-electron chi connectivity index (χ1n) is 12.0. The van der Waals surface area contributed by atoms with E-state index >= 15 is 0 Å². The quantitative estimate of drug-likeness (QED) is 0.445. The Morgan fingerprint density at radius 2 is 1.82 bits per heavy atom. The third kappa shape index (κ3) is 6.60. The van der Waals surface area contributed by atoms with Gasteiger partial charge in [0.1, 0.15) is 6.21 Å². The second kappa shape index (κ2) is 10.7. The van der Waals surface area contributed by atoms with Gasteiger partial charge in [0.05, 0.1) is 13.2 Å². The molecule has 0 atom stereocenters. The van der Waals surface area contributed by atoms with Crippen molar-refractivity contribution in [3.8, 4) is 0 Å². The smallest absolute Gasteiger partial charge is 0.349 e. The third-order valence-corrected chi connectivity index (χ3v) is 6.43. The number of nitrogens with zero attached hydrogens (tertiary/aromatic N) is 6. The summed E-state index contributed by atoms with van der Waals surface area (Å²) in [5, 5.41) is 13.1. The van der Waals surface area contributed by atoms with Crippen molar-refractivity contribution < 1.29 is 14.6 Å². The number of aliphatic hydroxyl groups excluding tert-OH is 1. The van der Waals surface area contributed by atoms with Crippen LogP contribution in [-0.2, 0) is 9.53 Å². The van der Waals surface area contributed by atoms with E-state index in [-0.39, 0.29) is 36.3 Å². The molecule has 2 aliphatic heterocycles. The summed E-state index contributed by atoms with van der Waals surface area (Å²) in [6.45, 7) is 13.4. The Balaban J connectivity index is 1.85. The highest BCUT2D eigenvalue weighted by Crippen LogP contribution is 2.39. The summed E-state index contributed by atoms with van der Waals surface area (Å²) in [5.74, 6) is 0.720. The molecular weight excluding hydrogens is 422 g/mol. The molecule has 3 rings (SSSR count). The number of nitrogens with one attached hydrogen (secondary N) is 1. The highest BCUT2D eigenvalue weighted by molar-refractivity contribution is 6.23. The number of hydrogen-bond acceptors (Lipinski definition) is 10. The first-order chi connectivity index (χ1) is 15.6. The topological polar surface area (TPSA) is 116 Å². The first kappa shape index (κ1) is 25.3. The van der Waals surface area contributed by atoms with Gasteiger partial charge >= 0.3 is 5.97 Å². The fraction of sp³-hybridized carbons (Fsp3) is 0.783. The zero-order valence-electron chi connectivity index (χ0n) is 20.7. The van der Waals surface area contributed by atoms with Gasteiger partial charge in [-0.15, -0.1) is 0 Å². The number of likely N-dealkylation sites (tertiary alicyclic amines) is 1. The molecule has 10 nitrogen and oxygen atoms in total. The van der Waals surface area contributed by atoms with Crippen molar-refractivity contribution in [1.29, 1.82) is 0 Å². The van der Waals surface area contributed by atoms with Crippen molar-refractivity contribution in [2.24, 2.45) is 4.99 Å². The molecule has 184 valence electrons.